The number of aliphatic hydroxyl groups is 1. The molecule has 1 aromatic heterocycles. The number of piperazine rings is 1. The zero-order valence-electron chi connectivity index (χ0n) is 18.3. The summed E-state index contributed by atoms with van der Waals surface area (Å²) in [5, 5.41) is 15.6. The second-order valence-electron chi connectivity index (χ2n) is 8.60. The Kier molecular flexibility index (Phi) is 6.93. The van der Waals surface area contributed by atoms with Crippen LogP contribution in [0, 0.1) is 18.6 Å². The van der Waals surface area contributed by atoms with Gasteiger partial charge >= 0.3 is 0 Å². The van der Waals surface area contributed by atoms with E-state index >= 15 is 0 Å². The van der Waals surface area contributed by atoms with Crippen molar-refractivity contribution in [3.63, 3.8) is 0 Å². The van der Waals surface area contributed by atoms with Gasteiger partial charge in [-0.3, -0.25) is 4.90 Å². The highest BCUT2D eigenvalue weighted by Crippen LogP contribution is 2.28. The van der Waals surface area contributed by atoms with E-state index in [1.54, 1.807) is 0 Å². The Bertz CT molecular complexity index is 1000. The second-order valence-corrected chi connectivity index (χ2v) is 8.60. The molecule has 2 heterocycles. The molecule has 4 rings (SSSR count). The predicted octanol–water partition coefficient (Wildman–Crippen LogP) is 2.61. The predicted molar refractivity (Wildman–Crippen MR) is 118 cm³/mol. The van der Waals surface area contributed by atoms with Crippen LogP contribution in [-0.2, 0) is 18.6 Å². The van der Waals surface area contributed by atoms with Gasteiger partial charge in [0.1, 0.15) is 29.9 Å². The van der Waals surface area contributed by atoms with E-state index in [0.29, 0.717) is 0 Å². The van der Waals surface area contributed by atoms with Gasteiger partial charge in [0.15, 0.2) is 0 Å². The van der Waals surface area contributed by atoms with E-state index < -0.39 is 17.2 Å². The van der Waals surface area contributed by atoms with Crippen LogP contribution in [0.4, 0.5) is 8.78 Å². The fraction of sp³-hybridized carbons (Fsp3) is 0.417. The van der Waals surface area contributed by atoms with Gasteiger partial charge < -0.3 is 10.0 Å². The van der Waals surface area contributed by atoms with Crippen molar-refractivity contribution in [1.82, 2.24) is 24.6 Å². The fourth-order valence-corrected chi connectivity index (χ4v) is 4.25. The van der Waals surface area contributed by atoms with Crippen molar-refractivity contribution in [2.24, 2.45) is 0 Å². The number of nitrogens with zero attached hydrogens (tertiary/aromatic N) is 5. The molecule has 1 fully saturated rings. The van der Waals surface area contributed by atoms with Crippen LogP contribution in [-0.4, -0.2) is 68.9 Å². The van der Waals surface area contributed by atoms with Gasteiger partial charge in [-0.1, -0.05) is 35.9 Å². The number of aryl methyl sites for hydroxylation is 1. The van der Waals surface area contributed by atoms with Gasteiger partial charge in [0, 0.05) is 50.9 Å². The Hall–Kier alpha value is -2.68. The van der Waals surface area contributed by atoms with E-state index in [9.17, 15) is 13.9 Å². The van der Waals surface area contributed by atoms with Crippen LogP contribution < -0.4 is 0 Å². The number of hydrogen-bond acceptors (Lipinski definition) is 5. The minimum atomic E-state index is -1.56. The molecule has 0 aliphatic carbocycles. The van der Waals surface area contributed by atoms with Gasteiger partial charge in [0.05, 0.1) is 6.54 Å². The number of β-amino-alcohol motifs (C(OH)–C–C–N with tert-alkyl or cyclic N) is 1. The molecule has 0 spiro atoms. The summed E-state index contributed by atoms with van der Waals surface area (Å²) < 4.78 is 29.5. The summed E-state index contributed by atoms with van der Waals surface area (Å²) in [5.74, 6) is -1.43. The molecule has 2 aromatic carbocycles. The standard InChI is InChI=1S/C24H29F2N5O/c1-19-2-4-20(5-3-19)8-9-29-10-12-30(13-11-29)15-24(32,16-31-18-27-17-28-31)22-7-6-21(25)14-23(22)26/h2-7,14,17-18,32H,8-13,15-16H2,1H3. The monoisotopic (exact) mass is 441 g/mol. The third kappa shape index (κ3) is 5.56. The Balaban J connectivity index is 1.39. The molecule has 32 heavy (non-hydrogen) atoms. The molecule has 1 saturated heterocycles. The lowest BCUT2D eigenvalue weighted by atomic mass is 9.92. The molecule has 0 bridgehead atoms. The van der Waals surface area contributed by atoms with Crippen LogP contribution in [0.5, 0.6) is 0 Å². The zero-order chi connectivity index (χ0) is 22.6. The largest absolute Gasteiger partial charge is 0.382 e. The topological polar surface area (TPSA) is 57.4 Å². The van der Waals surface area contributed by atoms with Crippen LogP contribution in [0.3, 0.4) is 0 Å². The van der Waals surface area contributed by atoms with Crippen LogP contribution >= 0.6 is 0 Å². The maximum absolute atomic E-state index is 14.6. The summed E-state index contributed by atoms with van der Waals surface area (Å²) in [6.07, 6.45) is 3.85. The van der Waals surface area contributed by atoms with Crippen molar-refractivity contribution in [3.8, 4) is 0 Å². The van der Waals surface area contributed by atoms with Crippen LogP contribution in [0.25, 0.3) is 0 Å². The first-order chi connectivity index (χ1) is 15.4. The van der Waals surface area contributed by atoms with Gasteiger partial charge in [-0.05, 0) is 25.0 Å². The van der Waals surface area contributed by atoms with E-state index in [1.807, 2.05) is 0 Å². The molecule has 0 amide bonds. The van der Waals surface area contributed by atoms with Gasteiger partial charge in [-0.15, -0.1) is 0 Å². The zero-order valence-corrected chi connectivity index (χ0v) is 18.3. The van der Waals surface area contributed by atoms with E-state index in [-0.39, 0.29) is 18.7 Å². The highest BCUT2D eigenvalue weighted by atomic mass is 19.1. The van der Waals surface area contributed by atoms with Gasteiger partial charge in [0.2, 0.25) is 0 Å². The summed E-state index contributed by atoms with van der Waals surface area (Å²) in [7, 11) is 0. The summed E-state index contributed by atoms with van der Waals surface area (Å²) >= 11 is 0. The Morgan fingerprint density at radius 3 is 2.34 bits per heavy atom. The molecule has 1 unspecified atom stereocenters. The summed E-state index contributed by atoms with van der Waals surface area (Å²) in [5.41, 5.74) is 1.09. The second kappa shape index (κ2) is 9.85. The minimum absolute atomic E-state index is 0.0309. The molecule has 6 nitrogen and oxygen atoms in total. The maximum Gasteiger partial charge on any atom is 0.137 e. The lowest BCUT2D eigenvalue weighted by molar-refractivity contribution is -0.0317. The highest BCUT2D eigenvalue weighted by molar-refractivity contribution is 5.26. The molecule has 1 aliphatic rings. The van der Waals surface area contributed by atoms with Crippen molar-refractivity contribution in [3.05, 3.63) is 83.4 Å². The first kappa shape index (κ1) is 22.5. The number of aromatic nitrogens is 3. The summed E-state index contributed by atoms with van der Waals surface area (Å²) in [6, 6.07) is 11.9. The maximum atomic E-state index is 14.6. The van der Waals surface area contributed by atoms with Gasteiger partial charge in [0.25, 0.3) is 0 Å². The first-order valence-electron chi connectivity index (χ1n) is 10.9. The van der Waals surface area contributed by atoms with Crippen molar-refractivity contribution < 1.29 is 13.9 Å². The first-order valence-corrected chi connectivity index (χ1v) is 10.9. The minimum Gasteiger partial charge on any atom is -0.382 e. The molecule has 1 N–H and O–H groups in total. The van der Waals surface area contributed by atoms with Crippen LogP contribution in [0.2, 0.25) is 0 Å². The van der Waals surface area contributed by atoms with Crippen molar-refractivity contribution in [2.75, 3.05) is 39.3 Å². The Morgan fingerprint density at radius 1 is 0.969 bits per heavy atom. The van der Waals surface area contributed by atoms with E-state index in [2.05, 4.69) is 51.1 Å². The van der Waals surface area contributed by atoms with E-state index in [1.165, 1.54) is 40.6 Å². The SMILES string of the molecule is Cc1ccc(CCN2CCN(CC(O)(Cn3cncn3)c3ccc(F)cc3F)CC2)cc1. The number of halogens is 2. The third-order valence-corrected chi connectivity index (χ3v) is 6.11. The molecule has 1 aliphatic heterocycles. The van der Waals surface area contributed by atoms with E-state index in [4.69, 9.17) is 0 Å². The lowest BCUT2D eigenvalue weighted by Gasteiger charge is -2.39. The molecule has 3 aromatic rings. The van der Waals surface area contributed by atoms with Crippen LogP contribution in [0.1, 0.15) is 16.7 Å². The molecule has 1 atom stereocenters. The van der Waals surface area contributed by atoms with E-state index in [0.717, 1.165) is 45.2 Å². The van der Waals surface area contributed by atoms with Crippen LogP contribution in [0.15, 0.2) is 55.1 Å². The highest BCUT2D eigenvalue weighted by Gasteiger charge is 2.36. The number of benzene rings is 2. The van der Waals surface area contributed by atoms with Crippen molar-refractivity contribution in [2.45, 2.75) is 25.5 Å². The molecular formula is C24H29F2N5O. The number of hydrogen-bond donors (Lipinski definition) is 1. The average molecular weight is 442 g/mol. The fourth-order valence-electron chi connectivity index (χ4n) is 4.25. The molecule has 170 valence electrons. The Morgan fingerprint density at radius 2 is 1.69 bits per heavy atom. The lowest BCUT2D eigenvalue weighted by Crippen LogP contribution is -2.52. The normalized spacial score (nSPS) is 17.4. The molecule has 0 radical (unpaired) electrons. The summed E-state index contributed by atoms with van der Waals surface area (Å²) in [6.45, 7) is 6.59. The Labute approximate surface area is 187 Å². The van der Waals surface area contributed by atoms with Gasteiger partial charge in [-0.25, -0.2) is 18.4 Å². The summed E-state index contributed by atoms with van der Waals surface area (Å²) in [4.78, 5) is 8.45. The quantitative estimate of drug-likeness (QED) is 0.583. The smallest absolute Gasteiger partial charge is 0.137 e. The molecular weight excluding hydrogens is 412 g/mol. The van der Waals surface area contributed by atoms with Gasteiger partial charge in [-0.2, -0.15) is 5.10 Å². The average Bonchev–Trinajstić information content (AvgIpc) is 3.27. The third-order valence-electron chi connectivity index (χ3n) is 6.11. The van der Waals surface area contributed by atoms with Crippen molar-refractivity contribution >= 4 is 0 Å². The number of rotatable bonds is 8. The molecule has 8 heteroatoms. The molecule has 0 saturated carbocycles. The van der Waals surface area contributed by atoms with Crippen molar-refractivity contribution in [1.29, 1.82) is 0 Å².